The molecule has 0 atom stereocenters. The van der Waals surface area contributed by atoms with Gasteiger partial charge in [0.05, 0.1) is 43.8 Å². The number of amidine groups is 1. The Labute approximate surface area is 214 Å². The van der Waals surface area contributed by atoms with Gasteiger partial charge >= 0.3 is 0 Å². The molecular formula is C28H39N4O4-. The van der Waals surface area contributed by atoms with Crippen LogP contribution in [0.3, 0.4) is 0 Å². The van der Waals surface area contributed by atoms with Gasteiger partial charge in [-0.05, 0) is 63.8 Å². The van der Waals surface area contributed by atoms with Crippen LogP contribution in [0.5, 0.6) is 17.2 Å². The van der Waals surface area contributed by atoms with E-state index in [2.05, 4.69) is 52.2 Å². The first kappa shape index (κ1) is 25.9. The molecule has 1 saturated heterocycles. The molecule has 2 fully saturated rings. The van der Waals surface area contributed by atoms with Gasteiger partial charge in [0.1, 0.15) is 17.2 Å². The number of hydrogen-bond acceptors (Lipinski definition) is 7. The van der Waals surface area contributed by atoms with Crippen molar-refractivity contribution in [2.45, 2.75) is 57.7 Å². The standard InChI is InChI=1S/C28H40N4O4/c1-20(2)36-26-8-6-5-7-25(26)32-17-15-31(16-18-32)22-11-9-21(10-12-22)29-28(33)30-24-14-13-23(34-3)19-27(24)35-4/h5-8,13-14,19-22H,9-12,15-18H2,1-4H3,(H2,29,30,33)/p-1. The van der Waals surface area contributed by atoms with Crippen LogP contribution in [-0.4, -0.2) is 69.5 Å². The van der Waals surface area contributed by atoms with Crippen molar-refractivity contribution in [3.8, 4) is 17.2 Å². The number of nitrogens with zero attached hydrogens (tertiary/aromatic N) is 3. The lowest BCUT2D eigenvalue weighted by Crippen LogP contribution is -2.51. The molecule has 0 radical (unpaired) electrons. The molecular weight excluding hydrogens is 456 g/mol. The topological polar surface area (TPSA) is 81.6 Å². The zero-order chi connectivity index (χ0) is 25.5. The van der Waals surface area contributed by atoms with Crippen LogP contribution in [-0.2, 0) is 0 Å². The number of hydrogen-bond donors (Lipinski definition) is 1. The molecule has 36 heavy (non-hydrogen) atoms. The molecule has 8 heteroatoms. The molecule has 0 unspecified atom stereocenters. The second-order valence-electron chi connectivity index (χ2n) is 9.75. The van der Waals surface area contributed by atoms with Crippen molar-refractivity contribution in [3.05, 3.63) is 42.5 Å². The zero-order valence-electron chi connectivity index (χ0n) is 21.9. The summed E-state index contributed by atoms with van der Waals surface area (Å²) in [6, 6.07) is 14.0. The van der Waals surface area contributed by atoms with Gasteiger partial charge in [-0.3, -0.25) is 9.89 Å². The van der Waals surface area contributed by atoms with Gasteiger partial charge in [-0.2, -0.15) is 0 Å². The average Bonchev–Trinajstić information content (AvgIpc) is 2.89. The quantitative estimate of drug-likeness (QED) is 0.441. The van der Waals surface area contributed by atoms with E-state index in [4.69, 9.17) is 14.2 Å². The van der Waals surface area contributed by atoms with Crippen LogP contribution < -0.4 is 29.5 Å². The second kappa shape index (κ2) is 12.2. The van der Waals surface area contributed by atoms with Crippen LogP contribution in [0.15, 0.2) is 47.5 Å². The van der Waals surface area contributed by atoms with Crippen LogP contribution in [0.4, 0.5) is 11.4 Å². The van der Waals surface area contributed by atoms with Crippen molar-refractivity contribution in [2.24, 2.45) is 4.99 Å². The summed E-state index contributed by atoms with van der Waals surface area (Å²) in [4.78, 5) is 9.49. The maximum atomic E-state index is 12.6. The van der Waals surface area contributed by atoms with Gasteiger partial charge in [-0.15, -0.1) is 0 Å². The van der Waals surface area contributed by atoms with Gasteiger partial charge in [-0.25, -0.2) is 0 Å². The van der Waals surface area contributed by atoms with Crippen molar-refractivity contribution in [2.75, 3.05) is 50.6 Å². The monoisotopic (exact) mass is 495 g/mol. The highest BCUT2D eigenvalue weighted by molar-refractivity contribution is 5.88. The third-order valence-electron chi connectivity index (χ3n) is 7.02. The van der Waals surface area contributed by atoms with E-state index in [-0.39, 0.29) is 18.2 Å². The number of piperazine rings is 1. The molecule has 1 aliphatic heterocycles. The van der Waals surface area contributed by atoms with Crippen LogP contribution in [0.2, 0.25) is 0 Å². The Bertz CT molecular complexity index is 1010. The highest BCUT2D eigenvalue weighted by atomic mass is 16.5. The first-order valence-electron chi connectivity index (χ1n) is 13.0. The van der Waals surface area contributed by atoms with Crippen molar-refractivity contribution in [1.82, 2.24) is 4.90 Å². The number of benzene rings is 2. The first-order valence-corrected chi connectivity index (χ1v) is 13.0. The molecule has 0 aromatic heterocycles. The summed E-state index contributed by atoms with van der Waals surface area (Å²) in [6.07, 6.45) is 4.17. The lowest BCUT2D eigenvalue weighted by molar-refractivity contribution is -0.215. The molecule has 2 aromatic rings. The minimum Gasteiger partial charge on any atom is -0.846 e. The third-order valence-corrected chi connectivity index (χ3v) is 7.02. The molecule has 8 nitrogen and oxygen atoms in total. The number of anilines is 2. The van der Waals surface area contributed by atoms with Gasteiger partial charge < -0.3 is 29.5 Å². The Morgan fingerprint density at radius 1 is 0.944 bits per heavy atom. The van der Waals surface area contributed by atoms with Crippen LogP contribution in [0, 0.1) is 0 Å². The molecule has 1 N–H and O–H groups in total. The third kappa shape index (κ3) is 6.55. The number of aliphatic imine (C=N–C) groups is 1. The highest BCUT2D eigenvalue weighted by Gasteiger charge is 2.29. The number of rotatable bonds is 8. The summed E-state index contributed by atoms with van der Waals surface area (Å²) in [5.74, 6) is 2.20. The lowest BCUT2D eigenvalue weighted by Gasteiger charge is -2.42. The summed E-state index contributed by atoms with van der Waals surface area (Å²) < 4.78 is 16.6. The van der Waals surface area contributed by atoms with E-state index >= 15 is 0 Å². The van der Waals surface area contributed by atoms with Gasteiger partial charge in [0.2, 0.25) is 0 Å². The van der Waals surface area contributed by atoms with Crippen LogP contribution in [0.1, 0.15) is 39.5 Å². The first-order chi connectivity index (χ1) is 17.5. The van der Waals surface area contributed by atoms with Crippen LogP contribution in [0.25, 0.3) is 0 Å². The maximum absolute atomic E-state index is 12.6. The van der Waals surface area contributed by atoms with Crippen molar-refractivity contribution < 1.29 is 19.3 Å². The fraction of sp³-hybridized carbons (Fsp3) is 0.536. The minimum absolute atomic E-state index is 0.0619. The van der Waals surface area contributed by atoms with E-state index in [1.807, 2.05) is 6.07 Å². The van der Waals surface area contributed by atoms with E-state index in [1.54, 1.807) is 32.4 Å². The summed E-state index contributed by atoms with van der Waals surface area (Å²) in [5, 5.41) is 15.4. The second-order valence-corrected chi connectivity index (χ2v) is 9.75. The lowest BCUT2D eigenvalue weighted by atomic mass is 9.90. The predicted octanol–water partition coefficient (Wildman–Crippen LogP) is 3.75. The van der Waals surface area contributed by atoms with Crippen molar-refractivity contribution in [1.29, 1.82) is 0 Å². The Balaban J connectivity index is 1.26. The highest BCUT2D eigenvalue weighted by Crippen LogP contribution is 2.32. The van der Waals surface area contributed by atoms with Crippen molar-refractivity contribution >= 4 is 17.4 Å². The average molecular weight is 496 g/mol. The molecule has 1 saturated carbocycles. The molecule has 2 aromatic carbocycles. The van der Waals surface area contributed by atoms with E-state index in [9.17, 15) is 5.11 Å². The molecule has 1 aliphatic carbocycles. The van der Waals surface area contributed by atoms with E-state index in [0.29, 0.717) is 23.2 Å². The van der Waals surface area contributed by atoms with E-state index < -0.39 is 0 Å². The smallest absolute Gasteiger partial charge is 0.145 e. The normalized spacial score (nSPS) is 21.4. The molecule has 0 amide bonds. The van der Waals surface area contributed by atoms with E-state index in [1.165, 1.54) is 5.69 Å². The number of nitrogens with one attached hydrogen (secondary N) is 1. The Kier molecular flexibility index (Phi) is 8.80. The maximum Gasteiger partial charge on any atom is 0.145 e. The molecule has 0 spiro atoms. The van der Waals surface area contributed by atoms with Crippen LogP contribution >= 0.6 is 0 Å². The Hall–Kier alpha value is -3.13. The molecule has 1 heterocycles. The van der Waals surface area contributed by atoms with Crippen molar-refractivity contribution in [3.63, 3.8) is 0 Å². The Morgan fingerprint density at radius 2 is 1.67 bits per heavy atom. The fourth-order valence-electron chi connectivity index (χ4n) is 5.17. The van der Waals surface area contributed by atoms with Gasteiger partial charge in [0.15, 0.2) is 0 Å². The van der Waals surface area contributed by atoms with Gasteiger partial charge in [0, 0.05) is 38.3 Å². The van der Waals surface area contributed by atoms with E-state index in [0.717, 1.165) is 57.6 Å². The zero-order valence-corrected chi connectivity index (χ0v) is 21.9. The van der Waals surface area contributed by atoms with Gasteiger partial charge in [0.25, 0.3) is 0 Å². The fourth-order valence-corrected chi connectivity index (χ4v) is 5.17. The molecule has 4 rings (SSSR count). The summed E-state index contributed by atoms with van der Waals surface area (Å²) in [7, 11) is 3.17. The summed E-state index contributed by atoms with van der Waals surface area (Å²) >= 11 is 0. The predicted molar refractivity (Wildman–Crippen MR) is 143 cm³/mol. The minimum atomic E-state index is -0.321. The number of para-hydroxylation sites is 2. The molecule has 2 aliphatic rings. The number of ether oxygens (including phenoxy) is 3. The molecule has 0 bridgehead atoms. The SMILES string of the molecule is COc1ccc(NC([O-])=NC2CCC(N3CCN(c4ccccc4OC(C)C)CC3)CC2)c(OC)c1. The molecule has 196 valence electrons. The summed E-state index contributed by atoms with van der Waals surface area (Å²) in [6.45, 7) is 8.21. The largest absolute Gasteiger partial charge is 0.846 e. The number of methoxy groups -OCH3 is 2. The Morgan fingerprint density at radius 3 is 2.33 bits per heavy atom. The summed E-state index contributed by atoms with van der Waals surface area (Å²) in [5.41, 5.74) is 1.78. The van der Waals surface area contributed by atoms with Gasteiger partial charge in [-0.1, -0.05) is 12.1 Å².